The van der Waals surface area contributed by atoms with Crippen LogP contribution in [-0.2, 0) is 22.4 Å². The van der Waals surface area contributed by atoms with E-state index >= 15 is 0 Å². The van der Waals surface area contributed by atoms with E-state index in [-0.39, 0.29) is 17.8 Å². The van der Waals surface area contributed by atoms with Crippen LogP contribution in [0, 0.1) is 11.8 Å². The smallest absolute Gasteiger partial charge is 0.308 e. The first-order chi connectivity index (χ1) is 17.1. The van der Waals surface area contributed by atoms with Gasteiger partial charge in [-0.25, -0.2) is 0 Å². The van der Waals surface area contributed by atoms with Crippen LogP contribution in [0.3, 0.4) is 0 Å². The van der Waals surface area contributed by atoms with Gasteiger partial charge in [0.1, 0.15) is 5.60 Å². The highest BCUT2D eigenvalue weighted by Crippen LogP contribution is 2.56. The number of ether oxygens (including phenoxy) is 7. The van der Waals surface area contributed by atoms with E-state index in [1.54, 1.807) is 42.7 Å². The highest BCUT2D eigenvalue weighted by atomic mass is 16.6. The number of carbonyl (C=O) groups excluding carboxylic acids is 1. The molecule has 2 aromatic rings. The summed E-state index contributed by atoms with van der Waals surface area (Å²) in [6.45, 7) is 7.74. The van der Waals surface area contributed by atoms with Gasteiger partial charge >= 0.3 is 5.97 Å². The summed E-state index contributed by atoms with van der Waals surface area (Å²) in [5.74, 6) is 2.45. The third-order valence-corrected chi connectivity index (χ3v) is 6.99. The van der Waals surface area contributed by atoms with Crippen LogP contribution in [0.5, 0.6) is 34.5 Å². The van der Waals surface area contributed by atoms with E-state index in [0.29, 0.717) is 47.3 Å². The second-order valence-electron chi connectivity index (χ2n) is 9.53. The van der Waals surface area contributed by atoms with Gasteiger partial charge in [0.2, 0.25) is 11.5 Å². The largest absolute Gasteiger partial charge is 0.493 e. The molecular formula is C28H38O8. The number of esters is 1. The number of rotatable bonds is 8. The van der Waals surface area contributed by atoms with Gasteiger partial charge in [-0.3, -0.25) is 4.79 Å². The van der Waals surface area contributed by atoms with Crippen molar-refractivity contribution in [1.82, 2.24) is 0 Å². The normalized spacial score (nSPS) is 18.8. The van der Waals surface area contributed by atoms with Crippen LogP contribution in [0.2, 0.25) is 0 Å². The van der Waals surface area contributed by atoms with Crippen LogP contribution in [0.1, 0.15) is 38.8 Å². The Morgan fingerprint density at radius 2 is 1.22 bits per heavy atom. The first-order valence-corrected chi connectivity index (χ1v) is 12.0. The van der Waals surface area contributed by atoms with Crippen molar-refractivity contribution in [2.75, 3.05) is 42.7 Å². The maximum Gasteiger partial charge on any atom is 0.308 e. The molecule has 0 amide bonds. The summed E-state index contributed by atoms with van der Waals surface area (Å²) in [6, 6.07) is 3.86. The Morgan fingerprint density at radius 1 is 0.778 bits per heavy atom. The Balaban J connectivity index is 2.48. The molecule has 36 heavy (non-hydrogen) atoms. The predicted octanol–water partition coefficient (Wildman–Crippen LogP) is 5.10. The molecule has 0 spiro atoms. The molecular weight excluding hydrogens is 464 g/mol. The summed E-state index contributed by atoms with van der Waals surface area (Å²) in [7, 11) is 9.50. The van der Waals surface area contributed by atoms with Crippen LogP contribution in [-0.4, -0.2) is 54.2 Å². The molecule has 0 radical (unpaired) electrons. The van der Waals surface area contributed by atoms with E-state index in [1.165, 1.54) is 0 Å². The van der Waals surface area contributed by atoms with Gasteiger partial charge in [-0.2, -0.15) is 0 Å². The van der Waals surface area contributed by atoms with Crippen molar-refractivity contribution < 1.29 is 38.0 Å². The van der Waals surface area contributed by atoms with E-state index in [1.807, 2.05) is 32.9 Å². The molecule has 2 atom stereocenters. The van der Waals surface area contributed by atoms with Gasteiger partial charge < -0.3 is 33.2 Å². The zero-order valence-corrected chi connectivity index (χ0v) is 23.0. The third kappa shape index (κ3) is 4.61. The van der Waals surface area contributed by atoms with Crippen molar-refractivity contribution >= 4 is 5.97 Å². The lowest BCUT2D eigenvalue weighted by Crippen LogP contribution is -2.43. The molecule has 0 saturated heterocycles. The van der Waals surface area contributed by atoms with Gasteiger partial charge in [0.15, 0.2) is 23.0 Å². The molecule has 0 N–H and O–H groups in total. The van der Waals surface area contributed by atoms with Crippen molar-refractivity contribution in [2.45, 2.75) is 46.1 Å². The van der Waals surface area contributed by atoms with Crippen molar-refractivity contribution in [2.24, 2.45) is 11.8 Å². The van der Waals surface area contributed by atoms with Crippen LogP contribution in [0.25, 0.3) is 11.1 Å². The number of fused-ring (bicyclic) bond motifs is 3. The van der Waals surface area contributed by atoms with Gasteiger partial charge in [-0.1, -0.05) is 20.8 Å². The molecule has 0 bridgehead atoms. The fourth-order valence-electron chi connectivity index (χ4n) is 4.84. The molecule has 0 unspecified atom stereocenters. The molecule has 198 valence electrons. The highest BCUT2D eigenvalue weighted by molar-refractivity contribution is 5.88. The van der Waals surface area contributed by atoms with Gasteiger partial charge in [-0.15, -0.1) is 0 Å². The monoisotopic (exact) mass is 502 g/mol. The summed E-state index contributed by atoms with van der Waals surface area (Å²) < 4.78 is 40.8. The molecule has 0 aliphatic heterocycles. The van der Waals surface area contributed by atoms with Gasteiger partial charge in [0.05, 0.1) is 48.6 Å². The minimum atomic E-state index is -0.807. The molecule has 1 aliphatic carbocycles. The number of hydrogen-bond acceptors (Lipinski definition) is 8. The molecule has 3 rings (SSSR count). The van der Waals surface area contributed by atoms with Crippen LogP contribution >= 0.6 is 0 Å². The maximum atomic E-state index is 12.8. The molecule has 1 aliphatic rings. The van der Waals surface area contributed by atoms with E-state index in [4.69, 9.17) is 33.2 Å². The fourth-order valence-corrected chi connectivity index (χ4v) is 4.84. The fraction of sp³-hybridized carbons (Fsp3) is 0.536. The number of methoxy groups -OCH3 is 6. The summed E-state index contributed by atoms with van der Waals surface area (Å²) in [4.78, 5) is 12.8. The average Bonchev–Trinajstić information content (AvgIpc) is 2.86. The van der Waals surface area contributed by atoms with E-state index in [0.717, 1.165) is 22.3 Å². The second-order valence-corrected chi connectivity index (χ2v) is 9.53. The Labute approximate surface area is 213 Å². The maximum absolute atomic E-state index is 12.8. The number of hydrogen-bond donors (Lipinski definition) is 0. The summed E-state index contributed by atoms with van der Waals surface area (Å²) in [5.41, 5.74) is 2.57. The molecule has 0 fully saturated rings. The van der Waals surface area contributed by atoms with Crippen molar-refractivity contribution in [1.29, 1.82) is 0 Å². The molecule has 0 heterocycles. The van der Waals surface area contributed by atoms with E-state index < -0.39 is 5.60 Å². The molecule has 2 aromatic carbocycles. The Bertz CT molecular complexity index is 1120. The zero-order chi connectivity index (χ0) is 26.8. The standard InChI is InChI=1S/C28H38O8/c1-15(2)27(29)36-28(4)14-18-13-20(31-6)24(33-8)26(35-10)22(18)21-17(11-16(28)3)12-19(30-5)23(32-7)25(21)34-9/h12-13,15-16H,11,14H2,1-10H3/t16-,28-/m1/s1. The molecule has 8 nitrogen and oxygen atoms in total. The van der Waals surface area contributed by atoms with Crippen LogP contribution in [0.15, 0.2) is 12.1 Å². The lowest BCUT2D eigenvalue weighted by molar-refractivity contribution is -0.167. The lowest BCUT2D eigenvalue weighted by atomic mass is 9.74. The first-order valence-electron chi connectivity index (χ1n) is 12.0. The number of carbonyl (C=O) groups is 1. The minimum absolute atomic E-state index is 0.0472. The van der Waals surface area contributed by atoms with Crippen LogP contribution in [0.4, 0.5) is 0 Å². The highest BCUT2D eigenvalue weighted by Gasteiger charge is 2.42. The lowest BCUT2D eigenvalue weighted by Gasteiger charge is -2.39. The average molecular weight is 503 g/mol. The topological polar surface area (TPSA) is 81.7 Å². The van der Waals surface area contributed by atoms with Crippen molar-refractivity contribution in [3.63, 3.8) is 0 Å². The quantitative estimate of drug-likeness (QED) is 0.462. The SMILES string of the molecule is COc1cc2c(c(OC)c1OC)-c1c(cc(OC)c(OC)c1OC)C[C@@](C)(OC(=O)C(C)C)[C@H](C)C2. The molecule has 0 aromatic heterocycles. The Kier molecular flexibility index (Phi) is 8.16. The molecule has 8 heteroatoms. The van der Waals surface area contributed by atoms with Gasteiger partial charge in [0.25, 0.3) is 0 Å². The predicted molar refractivity (Wildman–Crippen MR) is 137 cm³/mol. The Hall–Kier alpha value is -3.29. The zero-order valence-electron chi connectivity index (χ0n) is 23.0. The summed E-state index contributed by atoms with van der Waals surface area (Å²) >= 11 is 0. The third-order valence-electron chi connectivity index (χ3n) is 6.99. The van der Waals surface area contributed by atoms with Gasteiger partial charge in [0, 0.05) is 23.5 Å². The van der Waals surface area contributed by atoms with E-state index in [2.05, 4.69) is 6.92 Å². The Morgan fingerprint density at radius 3 is 1.64 bits per heavy atom. The summed E-state index contributed by atoms with van der Waals surface area (Å²) in [6.07, 6.45) is 1.01. The first kappa shape index (κ1) is 27.3. The minimum Gasteiger partial charge on any atom is -0.493 e. The van der Waals surface area contributed by atoms with Gasteiger partial charge in [-0.05, 0) is 36.6 Å². The van der Waals surface area contributed by atoms with Crippen molar-refractivity contribution in [3.8, 4) is 45.6 Å². The van der Waals surface area contributed by atoms with Crippen molar-refractivity contribution in [3.05, 3.63) is 23.3 Å². The second kappa shape index (κ2) is 10.8. The van der Waals surface area contributed by atoms with Crippen LogP contribution < -0.4 is 28.4 Å². The summed E-state index contributed by atoms with van der Waals surface area (Å²) in [5, 5.41) is 0. The molecule has 0 saturated carbocycles. The number of benzene rings is 2. The van der Waals surface area contributed by atoms with E-state index in [9.17, 15) is 4.79 Å².